The van der Waals surface area contributed by atoms with Crippen LogP contribution in [0.4, 0.5) is 0 Å². The third kappa shape index (κ3) is 2.57. The van der Waals surface area contributed by atoms with E-state index in [0.717, 1.165) is 38.1 Å². The Morgan fingerprint density at radius 3 is 3.00 bits per heavy atom. The molecule has 1 fully saturated rings. The molecule has 1 aliphatic rings. The van der Waals surface area contributed by atoms with Crippen LogP contribution in [0.25, 0.3) is 10.9 Å². The summed E-state index contributed by atoms with van der Waals surface area (Å²) in [4.78, 5) is 5.00. The molecular formula is C16H16BrClINO. The number of rotatable bonds is 3. The minimum Gasteiger partial charge on any atom is -0.486 e. The van der Waals surface area contributed by atoms with E-state index in [4.69, 9.17) is 16.3 Å². The molecule has 1 saturated carbocycles. The van der Waals surface area contributed by atoms with Gasteiger partial charge < -0.3 is 4.74 Å². The first-order valence-corrected chi connectivity index (χ1v) is 9.38. The van der Waals surface area contributed by atoms with E-state index < -0.39 is 0 Å². The summed E-state index contributed by atoms with van der Waals surface area (Å²) in [5.74, 6) is 0.861. The summed E-state index contributed by atoms with van der Waals surface area (Å²) in [5.41, 5.74) is 1.02. The Labute approximate surface area is 151 Å². The number of hydrogen-bond donors (Lipinski definition) is 0. The fourth-order valence-electron chi connectivity index (χ4n) is 2.80. The maximum Gasteiger partial charge on any atom is 0.159 e. The van der Waals surface area contributed by atoms with Crippen molar-refractivity contribution in [1.82, 2.24) is 4.98 Å². The van der Waals surface area contributed by atoms with Gasteiger partial charge in [0.05, 0.1) is 8.59 Å². The van der Waals surface area contributed by atoms with Crippen LogP contribution >= 0.6 is 50.1 Å². The Morgan fingerprint density at radius 1 is 1.57 bits per heavy atom. The van der Waals surface area contributed by atoms with E-state index in [0.29, 0.717) is 4.83 Å². The van der Waals surface area contributed by atoms with Crippen LogP contribution in [-0.4, -0.2) is 15.9 Å². The molecule has 1 aromatic carbocycles. The van der Waals surface area contributed by atoms with Crippen LogP contribution in [0.5, 0.6) is 5.75 Å². The van der Waals surface area contributed by atoms with Crippen molar-refractivity contribution >= 4 is 61.0 Å². The molecule has 3 atom stereocenters. The molecule has 5 heteroatoms. The largest absolute Gasteiger partial charge is 0.486 e. The van der Waals surface area contributed by atoms with Crippen molar-refractivity contribution in [2.75, 3.05) is 0 Å². The molecule has 2 aromatic rings. The van der Waals surface area contributed by atoms with E-state index in [1.807, 2.05) is 18.2 Å². The molecule has 112 valence electrons. The minimum absolute atomic E-state index is 0.170. The quantitative estimate of drug-likeness (QED) is 0.408. The van der Waals surface area contributed by atoms with Crippen LogP contribution in [0.1, 0.15) is 26.7 Å². The average Bonchev–Trinajstić information content (AvgIpc) is 2.49. The summed E-state index contributed by atoms with van der Waals surface area (Å²) < 4.78 is 7.38. The van der Waals surface area contributed by atoms with Crippen LogP contribution in [0.2, 0.25) is 5.02 Å². The number of fused-ring (bicyclic) bond motifs is 1. The zero-order valence-electron chi connectivity index (χ0n) is 11.9. The van der Waals surface area contributed by atoms with Gasteiger partial charge in [0, 0.05) is 21.8 Å². The van der Waals surface area contributed by atoms with Gasteiger partial charge in [-0.1, -0.05) is 41.4 Å². The van der Waals surface area contributed by atoms with Gasteiger partial charge in [-0.05, 0) is 53.6 Å². The molecule has 0 bridgehead atoms. The van der Waals surface area contributed by atoms with Gasteiger partial charge >= 0.3 is 0 Å². The third-order valence-electron chi connectivity index (χ3n) is 4.64. The lowest BCUT2D eigenvalue weighted by Crippen LogP contribution is -2.54. The summed E-state index contributed by atoms with van der Waals surface area (Å²) in [6, 6.07) is 5.84. The molecule has 0 spiro atoms. The molecule has 3 unspecified atom stereocenters. The number of benzene rings is 1. The van der Waals surface area contributed by atoms with Crippen molar-refractivity contribution in [3.05, 3.63) is 33.0 Å². The zero-order valence-corrected chi connectivity index (χ0v) is 16.4. The lowest BCUT2D eigenvalue weighted by atomic mass is 9.65. The van der Waals surface area contributed by atoms with Crippen molar-refractivity contribution in [2.24, 2.45) is 5.41 Å². The van der Waals surface area contributed by atoms with Crippen LogP contribution in [-0.2, 0) is 0 Å². The van der Waals surface area contributed by atoms with E-state index in [1.165, 1.54) is 0 Å². The van der Waals surface area contributed by atoms with Gasteiger partial charge in [0.15, 0.2) is 5.75 Å². The zero-order chi connectivity index (χ0) is 15.2. The number of halogens is 3. The SMILES string of the molecule is CCC1(C)C(Br)CC1Oc1c(I)cc(Cl)c2cccnc12. The Bertz CT molecular complexity index is 695. The maximum absolute atomic E-state index is 6.37. The van der Waals surface area contributed by atoms with Gasteiger partial charge in [-0.15, -0.1) is 0 Å². The van der Waals surface area contributed by atoms with Crippen LogP contribution in [0.15, 0.2) is 24.4 Å². The highest BCUT2D eigenvalue weighted by atomic mass is 127. The maximum atomic E-state index is 6.37. The van der Waals surface area contributed by atoms with E-state index in [-0.39, 0.29) is 11.5 Å². The lowest BCUT2D eigenvalue weighted by Gasteiger charge is -2.50. The number of nitrogens with zero attached hydrogens (tertiary/aromatic N) is 1. The van der Waals surface area contributed by atoms with E-state index >= 15 is 0 Å². The standard InChI is InChI=1S/C16H16BrClINO/c1-3-16(2)12(17)8-13(16)21-15-11(19)7-10(18)9-5-4-6-20-14(9)15/h4-7,12-13H,3,8H2,1-2H3. The van der Waals surface area contributed by atoms with Gasteiger partial charge in [-0.3, -0.25) is 4.98 Å². The first-order valence-electron chi connectivity index (χ1n) is 7.01. The molecule has 1 heterocycles. The highest BCUT2D eigenvalue weighted by Gasteiger charge is 2.51. The van der Waals surface area contributed by atoms with Crippen molar-refractivity contribution in [3.8, 4) is 5.75 Å². The highest BCUT2D eigenvalue weighted by molar-refractivity contribution is 14.1. The van der Waals surface area contributed by atoms with Crippen molar-refractivity contribution in [2.45, 2.75) is 37.6 Å². The van der Waals surface area contributed by atoms with Crippen LogP contribution in [0.3, 0.4) is 0 Å². The smallest absolute Gasteiger partial charge is 0.159 e. The second-order valence-electron chi connectivity index (χ2n) is 5.74. The van der Waals surface area contributed by atoms with Gasteiger partial charge in [-0.2, -0.15) is 0 Å². The number of aromatic nitrogens is 1. The number of ether oxygens (including phenoxy) is 1. The van der Waals surface area contributed by atoms with Crippen molar-refractivity contribution < 1.29 is 4.74 Å². The molecule has 0 radical (unpaired) electrons. The Morgan fingerprint density at radius 2 is 2.33 bits per heavy atom. The highest BCUT2D eigenvalue weighted by Crippen LogP contribution is 2.51. The first kappa shape index (κ1) is 15.8. The topological polar surface area (TPSA) is 22.1 Å². The Kier molecular flexibility index (Phi) is 4.41. The van der Waals surface area contributed by atoms with Gasteiger partial charge in [-0.25, -0.2) is 0 Å². The Balaban J connectivity index is 2.02. The first-order chi connectivity index (χ1) is 9.97. The number of alkyl halides is 1. The molecule has 21 heavy (non-hydrogen) atoms. The average molecular weight is 481 g/mol. The molecule has 3 rings (SSSR count). The normalized spacial score (nSPS) is 28.4. The summed E-state index contributed by atoms with van der Waals surface area (Å²) >= 11 is 12.4. The van der Waals surface area contributed by atoms with E-state index in [1.54, 1.807) is 6.20 Å². The second kappa shape index (κ2) is 5.85. The van der Waals surface area contributed by atoms with Gasteiger partial charge in [0.1, 0.15) is 11.6 Å². The monoisotopic (exact) mass is 479 g/mol. The summed E-state index contributed by atoms with van der Waals surface area (Å²) in [5, 5.41) is 1.67. The number of pyridine rings is 1. The van der Waals surface area contributed by atoms with Crippen LogP contribution in [0, 0.1) is 8.99 Å². The van der Waals surface area contributed by atoms with Gasteiger partial charge in [0.25, 0.3) is 0 Å². The van der Waals surface area contributed by atoms with E-state index in [2.05, 4.69) is 57.4 Å². The summed E-state index contributed by atoms with van der Waals surface area (Å²) in [6.45, 7) is 4.49. The molecule has 0 N–H and O–H groups in total. The lowest BCUT2D eigenvalue weighted by molar-refractivity contribution is -0.0239. The second-order valence-corrected chi connectivity index (χ2v) is 8.41. The molecule has 1 aromatic heterocycles. The molecule has 1 aliphatic carbocycles. The fourth-order valence-corrected chi connectivity index (χ4v) is 4.90. The van der Waals surface area contributed by atoms with Crippen LogP contribution < -0.4 is 4.74 Å². The third-order valence-corrected chi connectivity index (χ3v) is 7.18. The minimum atomic E-state index is 0.170. The van der Waals surface area contributed by atoms with E-state index in [9.17, 15) is 0 Å². The molecule has 0 aliphatic heterocycles. The summed E-state index contributed by atoms with van der Waals surface area (Å²) in [7, 11) is 0. The molecule has 0 amide bonds. The molecule has 2 nitrogen and oxygen atoms in total. The predicted octanol–water partition coefficient (Wildman–Crippen LogP) is 5.82. The number of hydrogen-bond acceptors (Lipinski definition) is 2. The predicted molar refractivity (Wildman–Crippen MR) is 99.6 cm³/mol. The van der Waals surface area contributed by atoms with Crippen molar-refractivity contribution in [1.29, 1.82) is 0 Å². The molecular weight excluding hydrogens is 464 g/mol. The van der Waals surface area contributed by atoms with Crippen molar-refractivity contribution in [3.63, 3.8) is 0 Å². The van der Waals surface area contributed by atoms with Gasteiger partial charge in [0.2, 0.25) is 0 Å². The fraction of sp³-hybridized carbons (Fsp3) is 0.438. The Hall–Kier alpha value is -0.0700. The summed E-state index contributed by atoms with van der Waals surface area (Å²) in [6.07, 6.45) is 4.11. The molecule has 0 saturated heterocycles.